The summed E-state index contributed by atoms with van der Waals surface area (Å²) >= 11 is 2.32. The second kappa shape index (κ2) is 12.2. The van der Waals surface area contributed by atoms with Gasteiger partial charge in [-0.2, -0.15) is 0 Å². The van der Waals surface area contributed by atoms with Crippen molar-refractivity contribution in [3.8, 4) is 0 Å². The normalized spacial score (nSPS) is 23.1. The van der Waals surface area contributed by atoms with Gasteiger partial charge < -0.3 is 9.47 Å². The monoisotopic (exact) mass is 631 g/mol. The third-order valence-electron chi connectivity index (χ3n) is 7.93. The number of fused-ring (bicyclic) bond motifs is 2. The van der Waals surface area contributed by atoms with Crippen LogP contribution in [-0.2, 0) is 20.7 Å². The second-order valence-corrected chi connectivity index (χ2v) is 11.5. The molecule has 2 aliphatic rings. The topological polar surface area (TPSA) is 38.8 Å². The van der Waals surface area contributed by atoms with E-state index in [0.717, 1.165) is 43.4 Å². The van der Waals surface area contributed by atoms with Crippen molar-refractivity contribution in [2.24, 2.45) is 5.92 Å². The number of benzene rings is 3. The highest BCUT2D eigenvalue weighted by molar-refractivity contribution is 14.1. The van der Waals surface area contributed by atoms with Crippen molar-refractivity contribution < 1.29 is 23.0 Å². The molecule has 3 unspecified atom stereocenters. The van der Waals surface area contributed by atoms with Gasteiger partial charge in [0.05, 0.1) is 19.1 Å². The van der Waals surface area contributed by atoms with Gasteiger partial charge in [-0.1, -0.05) is 36.4 Å². The SMILES string of the molecule is COC(=O)C1C2CCC(C[C@@H]1OC(c1ccc(F)cc1)c1ccc(F)cc1)N2CCCc1ccc(I)cc1. The van der Waals surface area contributed by atoms with E-state index in [1.165, 1.54) is 40.5 Å². The molecule has 0 saturated carbocycles. The molecule has 2 heterocycles. The number of hydrogen-bond acceptors (Lipinski definition) is 4. The van der Waals surface area contributed by atoms with E-state index in [9.17, 15) is 13.6 Å². The maximum Gasteiger partial charge on any atom is 0.312 e. The molecular weight excluding hydrogens is 599 g/mol. The Bertz CT molecular complexity index is 1170. The van der Waals surface area contributed by atoms with Crippen LogP contribution in [-0.4, -0.2) is 42.7 Å². The van der Waals surface area contributed by atoms with Crippen LogP contribution in [0.5, 0.6) is 0 Å². The molecule has 2 aliphatic heterocycles. The fourth-order valence-corrected chi connectivity index (χ4v) is 6.48. The number of carbonyl (C=O) groups excluding carboxylic acids is 1. The first-order valence-electron chi connectivity index (χ1n) is 13.2. The lowest BCUT2D eigenvalue weighted by atomic mass is 9.86. The fourth-order valence-electron chi connectivity index (χ4n) is 6.12. The molecule has 2 saturated heterocycles. The van der Waals surface area contributed by atoms with Gasteiger partial charge in [-0.05, 0) is 114 Å². The van der Waals surface area contributed by atoms with E-state index in [1.54, 1.807) is 24.3 Å². The van der Waals surface area contributed by atoms with Crippen molar-refractivity contribution in [2.75, 3.05) is 13.7 Å². The number of aryl methyl sites for hydroxylation is 1. The summed E-state index contributed by atoms with van der Waals surface area (Å²) in [5.41, 5.74) is 2.84. The third kappa shape index (κ3) is 6.10. The number of piperidine rings is 1. The van der Waals surface area contributed by atoms with Gasteiger partial charge in [0.25, 0.3) is 0 Å². The molecule has 2 bridgehead atoms. The molecule has 4 atom stereocenters. The number of nitrogens with zero attached hydrogens (tertiary/aromatic N) is 1. The van der Waals surface area contributed by atoms with E-state index in [4.69, 9.17) is 9.47 Å². The lowest BCUT2D eigenvalue weighted by Gasteiger charge is -2.44. The molecule has 7 heteroatoms. The first kappa shape index (κ1) is 27.2. The van der Waals surface area contributed by atoms with Crippen LogP contribution < -0.4 is 0 Å². The Morgan fingerprint density at radius 3 is 2.13 bits per heavy atom. The van der Waals surface area contributed by atoms with Crippen LogP contribution in [0.25, 0.3) is 0 Å². The van der Waals surface area contributed by atoms with E-state index >= 15 is 0 Å². The Balaban J connectivity index is 1.35. The Morgan fingerprint density at radius 1 is 0.947 bits per heavy atom. The zero-order valence-electron chi connectivity index (χ0n) is 21.4. The summed E-state index contributed by atoms with van der Waals surface area (Å²) in [5.74, 6) is -1.37. The number of rotatable bonds is 9. The van der Waals surface area contributed by atoms with Crippen LogP contribution in [0.1, 0.15) is 48.5 Å². The highest BCUT2D eigenvalue weighted by Crippen LogP contribution is 2.43. The van der Waals surface area contributed by atoms with E-state index in [1.807, 2.05) is 0 Å². The van der Waals surface area contributed by atoms with E-state index < -0.39 is 12.0 Å². The van der Waals surface area contributed by atoms with Crippen molar-refractivity contribution in [3.63, 3.8) is 0 Å². The smallest absolute Gasteiger partial charge is 0.312 e. The van der Waals surface area contributed by atoms with Gasteiger partial charge in [0, 0.05) is 15.7 Å². The minimum atomic E-state index is -0.555. The molecule has 3 aromatic rings. The van der Waals surface area contributed by atoms with Crippen molar-refractivity contribution in [3.05, 3.63) is 105 Å². The first-order valence-corrected chi connectivity index (χ1v) is 14.2. The lowest BCUT2D eigenvalue weighted by Crippen LogP contribution is -2.55. The molecule has 2 fully saturated rings. The van der Waals surface area contributed by atoms with Crippen molar-refractivity contribution >= 4 is 28.6 Å². The van der Waals surface area contributed by atoms with Gasteiger partial charge in [-0.25, -0.2) is 8.78 Å². The largest absolute Gasteiger partial charge is 0.469 e. The zero-order chi connectivity index (χ0) is 26.6. The summed E-state index contributed by atoms with van der Waals surface area (Å²) in [7, 11) is 1.43. The average Bonchev–Trinajstić information content (AvgIpc) is 3.20. The van der Waals surface area contributed by atoms with Crippen molar-refractivity contribution in [2.45, 2.75) is 56.4 Å². The van der Waals surface area contributed by atoms with Gasteiger partial charge >= 0.3 is 5.97 Å². The molecule has 200 valence electrons. The number of hydrogen-bond donors (Lipinski definition) is 0. The number of ether oxygens (including phenoxy) is 2. The zero-order valence-corrected chi connectivity index (χ0v) is 23.5. The predicted octanol–water partition coefficient (Wildman–Crippen LogP) is 6.70. The maximum atomic E-state index is 13.7. The Morgan fingerprint density at radius 2 is 1.55 bits per heavy atom. The summed E-state index contributed by atoms with van der Waals surface area (Å²) in [6.45, 7) is 0.918. The van der Waals surface area contributed by atoms with Gasteiger partial charge in [0.1, 0.15) is 17.7 Å². The number of esters is 1. The quantitative estimate of drug-likeness (QED) is 0.195. The molecule has 0 amide bonds. The molecular formula is C31H32F2INO3. The van der Waals surface area contributed by atoms with Gasteiger partial charge in [-0.3, -0.25) is 9.69 Å². The molecule has 0 aliphatic carbocycles. The summed E-state index contributed by atoms with van der Waals surface area (Å²) in [6, 6.07) is 21.3. The number of methoxy groups -OCH3 is 1. The van der Waals surface area contributed by atoms with Gasteiger partial charge in [0.2, 0.25) is 0 Å². The highest BCUT2D eigenvalue weighted by atomic mass is 127. The fraction of sp³-hybridized carbons (Fsp3) is 0.387. The molecule has 0 radical (unpaired) electrons. The van der Waals surface area contributed by atoms with E-state index in [0.29, 0.717) is 12.5 Å². The lowest BCUT2D eigenvalue weighted by molar-refractivity contribution is -0.163. The average molecular weight is 632 g/mol. The Kier molecular flexibility index (Phi) is 8.75. The third-order valence-corrected chi connectivity index (χ3v) is 8.65. The minimum Gasteiger partial charge on any atom is -0.469 e. The predicted molar refractivity (Wildman–Crippen MR) is 151 cm³/mol. The maximum absolute atomic E-state index is 13.7. The van der Waals surface area contributed by atoms with Gasteiger partial charge in [0.15, 0.2) is 0 Å². The van der Waals surface area contributed by atoms with Crippen molar-refractivity contribution in [1.82, 2.24) is 4.90 Å². The Hall–Kier alpha value is -2.36. The number of carbonyl (C=O) groups is 1. The minimum absolute atomic E-state index is 0.0463. The summed E-state index contributed by atoms with van der Waals surface area (Å²) < 4.78 is 40.6. The molecule has 0 aromatic heterocycles. The van der Waals surface area contributed by atoms with Crippen LogP contribution in [0, 0.1) is 21.1 Å². The Labute approximate surface area is 236 Å². The second-order valence-electron chi connectivity index (χ2n) is 10.2. The van der Waals surface area contributed by atoms with Gasteiger partial charge in [-0.15, -0.1) is 0 Å². The molecule has 0 spiro atoms. The first-order chi connectivity index (χ1) is 18.4. The highest BCUT2D eigenvalue weighted by Gasteiger charge is 2.51. The molecule has 38 heavy (non-hydrogen) atoms. The number of halogens is 3. The van der Waals surface area contributed by atoms with Crippen LogP contribution in [0.3, 0.4) is 0 Å². The van der Waals surface area contributed by atoms with Crippen LogP contribution in [0.2, 0.25) is 0 Å². The van der Waals surface area contributed by atoms with E-state index in [2.05, 4.69) is 51.8 Å². The molecule has 0 N–H and O–H groups in total. The summed E-state index contributed by atoms with van der Waals surface area (Å²) in [4.78, 5) is 15.6. The van der Waals surface area contributed by atoms with E-state index in [-0.39, 0.29) is 29.7 Å². The molecule has 3 aromatic carbocycles. The molecule has 5 rings (SSSR count). The van der Waals surface area contributed by atoms with Crippen LogP contribution in [0.15, 0.2) is 72.8 Å². The standard InChI is InChI=1S/C31H32F2INO3/c1-37-31(36)29-27-17-16-26(35(27)18-2-3-20-4-14-25(34)15-5-20)19-28(29)38-30(21-6-10-23(32)11-7-21)22-8-12-24(33)13-9-22/h4-15,26-30H,2-3,16-19H2,1H3/t26?,27?,28-,29?/m0/s1. The van der Waals surface area contributed by atoms with Crippen LogP contribution >= 0.6 is 22.6 Å². The summed E-state index contributed by atoms with van der Waals surface area (Å²) in [5, 5.41) is 0. The van der Waals surface area contributed by atoms with Crippen molar-refractivity contribution in [1.29, 1.82) is 0 Å². The molecule has 4 nitrogen and oxygen atoms in total. The van der Waals surface area contributed by atoms with Crippen LogP contribution in [0.4, 0.5) is 8.78 Å². The summed E-state index contributed by atoms with van der Waals surface area (Å²) in [6.07, 6.45) is 3.73.